The molecule has 1 saturated heterocycles. The van der Waals surface area contributed by atoms with Gasteiger partial charge < -0.3 is 20.3 Å². The largest absolute Gasteiger partial charge is 0.497 e. The summed E-state index contributed by atoms with van der Waals surface area (Å²) < 4.78 is 5.22. The topological polar surface area (TPSA) is 53.6 Å². The van der Waals surface area contributed by atoms with Crippen LogP contribution in [0.4, 0.5) is 10.5 Å². The van der Waals surface area contributed by atoms with Gasteiger partial charge in [-0.3, -0.25) is 0 Å². The Kier molecular flexibility index (Phi) is 7.04. The van der Waals surface area contributed by atoms with Crippen LogP contribution in [0.15, 0.2) is 24.3 Å². The first-order valence-corrected chi connectivity index (χ1v) is 10.2. The molecular formula is C21H33N3O2. The number of anilines is 1. The van der Waals surface area contributed by atoms with Crippen molar-refractivity contribution < 1.29 is 9.53 Å². The smallest absolute Gasteiger partial charge is 0.315 e. The van der Waals surface area contributed by atoms with E-state index in [0.29, 0.717) is 6.04 Å². The number of carbonyl (C=O) groups excluding carboxylic acids is 1. The molecule has 1 saturated carbocycles. The molecule has 144 valence electrons. The number of ether oxygens (including phenoxy) is 1. The monoisotopic (exact) mass is 359 g/mol. The molecule has 0 bridgehead atoms. The lowest BCUT2D eigenvalue weighted by atomic mass is 9.97. The molecule has 0 unspecified atom stereocenters. The molecule has 5 heteroatoms. The number of nitrogens with one attached hydrogen (secondary N) is 2. The number of hydrogen-bond acceptors (Lipinski definition) is 3. The van der Waals surface area contributed by atoms with Crippen LogP contribution >= 0.6 is 0 Å². The molecule has 1 aliphatic heterocycles. The molecule has 2 aliphatic rings. The standard InChI is InChI=1S/C21H33N3O2/c1-26-20-11-9-19(10-12-20)24-15-13-18(14-16-24)23-21(25)22-17-7-5-3-2-4-6-8-17/h9-12,17-18H,2-8,13-16H2,1H3,(H2,22,23,25). The highest BCUT2D eigenvalue weighted by Gasteiger charge is 2.22. The number of carbonyl (C=O) groups is 1. The third-order valence-electron chi connectivity index (χ3n) is 5.71. The van der Waals surface area contributed by atoms with Gasteiger partial charge in [0.15, 0.2) is 0 Å². The van der Waals surface area contributed by atoms with E-state index in [9.17, 15) is 4.79 Å². The van der Waals surface area contributed by atoms with Crippen molar-refractivity contribution in [3.8, 4) is 5.75 Å². The van der Waals surface area contributed by atoms with Gasteiger partial charge in [0.2, 0.25) is 0 Å². The molecule has 2 amide bonds. The van der Waals surface area contributed by atoms with E-state index >= 15 is 0 Å². The molecule has 3 rings (SSSR count). The van der Waals surface area contributed by atoms with Crippen molar-refractivity contribution in [1.29, 1.82) is 0 Å². The molecule has 0 radical (unpaired) electrons. The zero-order chi connectivity index (χ0) is 18.2. The van der Waals surface area contributed by atoms with E-state index in [1.807, 2.05) is 12.1 Å². The molecule has 2 N–H and O–H groups in total. The molecule has 2 fully saturated rings. The first-order chi connectivity index (χ1) is 12.7. The summed E-state index contributed by atoms with van der Waals surface area (Å²) in [6.07, 6.45) is 10.7. The summed E-state index contributed by atoms with van der Waals surface area (Å²) in [6.45, 7) is 1.95. The van der Waals surface area contributed by atoms with Crippen LogP contribution in [0.2, 0.25) is 0 Å². The maximum Gasteiger partial charge on any atom is 0.315 e. The van der Waals surface area contributed by atoms with Gasteiger partial charge in [-0.25, -0.2) is 4.79 Å². The summed E-state index contributed by atoms with van der Waals surface area (Å²) in [4.78, 5) is 14.7. The zero-order valence-corrected chi connectivity index (χ0v) is 16.0. The van der Waals surface area contributed by atoms with Gasteiger partial charge in [0.25, 0.3) is 0 Å². The summed E-state index contributed by atoms with van der Waals surface area (Å²) in [6, 6.07) is 8.87. The second kappa shape index (κ2) is 9.70. The van der Waals surface area contributed by atoms with Gasteiger partial charge in [0.05, 0.1) is 7.11 Å². The predicted molar refractivity (Wildman–Crippen MR) is 106 cm³/mol. The number of urea groups is 1. The van der Waals surface area contributed by atoms with E-state index < -0.39 is 0 Å². The molecule has 0 aromatic heterocycles. The molecule has 1 aromatic rings. The van der Waals surface area contributed by atoms with Crippen LogP contribution in [0.3, 0.4) is 0 Å². The summed E-state index contributed by atoms with van der Waals surface area (Å²) in [7, 11) is 1.69. The number of nitrogens with zero attached hydrogens (tertiary/aromatic N) is 1. The van der Waals surface area contributed by atoms with Gasteiger partial charge in [0.1, 0.15) is 5.75 Å². The van der Waals surface area contributed by atoms with Crippen molar-refractivity contribution in [3.63, 3.8) is 0 Å². The average Bonchev–Trinajstić information content (AvgIpc) is 2.64. The minimum Gasteiger partial charge on any atom is -0.497 e. The Morgan fingerprint density at radius 3 is 2.00 bits per heavy atom. The fraction of sp³-hybridized carbons (Fsp3) is 0.667. The van der Waals surface area contributed by atoms with Gasteiger partial charge in [-0.1, -0.05) is 32.1 Å². The normalized spacial score (nSPS) is 20.1. The third kappa shape index (κ3) is 5.55. The summed E-state index contributed by atoms with van der Waals surface area (Å²) in [5.74, 6) is 0.885. The molecule has 1 aliphatic carbocycles. The van der Waals surface area contributed by atoms with Gasteiger partial charge in [-0.2, -0.15) is 0 Å². The Bertz CT molecular complexity index is 545. The molecule has 0 spiro atoms. The van der Waals surface area contributed by atoms with Gasteiger partial charge in [-0.15, -0.1) is 0 Å². The minimum absolute atomic E-state index is 0.0264. The number of rotatable bonds is 4. The SMILES string of the molecule is COc1ccc(N2CCC(NC(=O)NC3CCCCCCC3)CC2)cc1. The van der Waals surface area contributed by atoms with Gasteiger partial charge in [0, 0.05) is 30.9 Å². The quantitative estimate of drug-likeness (QED) is 0.852. The lowest BCUT2D eigenvalue weighted by molar-refractivity contribution is 0.227. The highest BCUT2D eigenvalue weighted by atomic mass is 16.5. The summed E-state index contributed by atoms with van der Waals surface area (Å²) in [5, 5.41) is 6.41. The summed E-state index contributed by atoms with van der Waals surface area (Å²) >= 11 is 0. The Morgan fingerprint density at radius 1 is 0.885 bits per heavy atom. The second-order valence-electron chi connectivity index (χ2n) is 7.62. The van der Waals surface area contributed by atoms with Crippen LogP contribution in [-0.4, -0.2) is 38.3 Å². The van der Waals surface area contributed by atoms with Crippen LogP contribution in [0, 0.1) is 0 Å². The summed E-state index contributed by atoms with van der Waals surface area (Å²) in [5.41, 5.74) is 1.23. The fourth-order valence-corrected chi connectivity index (χ4v) is 4.09. The third-order valence-corrected chi connectivity index (χ3v) is 5.71. The van der Waals surface area contributed by atoms with E-state index in [-0.39, 0.29) is 12.1 Å². The Morgan fingerprint density at radius 2 is 1.42 bits per heavy atom. The average molecular weight is 360 g/mol. The van der Waals surface area contributed by atoms with Crippen LogP contribution in [-0.2, 0) is 0 Å². The van der Waals surface area contributed by atoms with Crippen molar-refractivity contribution in [2.24, 2.45) is 0 Å². The van der Waals surface area contributed by atoms with Crippen molar-refractivity contribution in [3.05, 3.63) is 24.3 Å². The minimum atomic E-state index is 0.0264. The van der Waals surface area contributed by atoms with E-state index in [0.717, 1.165) is 44.5 Å². The van der Waals surface area contributed by atoms with Gasteiger partial charge in [-0.05, 0) is 49.9 Å². The second-order valence-corrected chi connectivity index (χ2v) is 7.62. The number of hydrogen-bond donors (Lipinski definition) is 2. The molecule has 5 nitrogen and oxygen atoms in total. The number of benzene rings is 1. The molecule has 1 heterocycles. The molecule has 0 atom stereocenters. The molecular weight excluding hydrogens is 326 g/mol. The lowest BCUT2D eigenvalue weighted by Crippen LogP contribution is -2.50. The van der Waals surface area contributed by atoms with Gasteiger partial charge >= 0.3 is 6.03 Å². The Balaban J connectivity index is 1.40. The number of amides is 2. The van der Waals surface area contributed by atoms with E-state index in [4.69, 9.17) is 4.74 Å². The van der Waals surface area contributed by atoms with Crippen LogP contribution in [0.1, 0.15) is 57.8 Å². The van der Waals surface area contributed by atoms with E-state index in [2.05, 4.69) is 27.7 Å². The Labute approximate surface area is 157 Å². The maximum absolute atomic E-state index is 12.4. The van der Waals surface area contributed by atoms with Crippen molar-refractivity contribution in [2.75, 3.05) is 25.1 Å². The van der Waals surface area contributed by atoms with E-state index in [1.165, 1.54) is 37.8 Å². The highest BCUT2D eigenvalue weighted by molar-refractivity contribution is 5.74. The van der Waals surface area contributed by atoms with E-state index in [1.54, 1.807) is 7.11 Å². The lowest BCUT2D eigenvalue weighted by Gasteiger charge is -2.34. The van der Waals surface area contributed by atoms with Crippen LogP contribution < -0.4 is 20.3 Å². The highest BCUT2D eigenvalue weighted by Crippen LogP contribution is 2.23. The first-order valence-electron chi connectivity index (χ1n) is 10.2. The number of methoxy groups -OCH3 is 1. The molecule has 26 heavy (non-hydrogen) atoms. The van der Waals surface area contributed by atoms with Crippen molar-refractivity contribution in [2.45, 2.75) is 69.9 Å². The first kappa shape index (κ1) is 18.9. The van der Waals surface area contributed by atoms with Crippen LogP contribution in [0.25, 0.3) is 0 Å². The zero-order valence-electron chi connectivity index (χ0n) is 16.0. The maximum atomic E-state index is 12.4. The predicted octanol–water partition coefficient (Wildman–Crippen LogP) is 4.08. The number of piperidine rings is 1. The fourth-order valence-electron chi connectivity index (χ4n) is 4.09. The van der Waals surface area contributed by atoms with Crippen LogP contribution in [0.5, 0.6) is 5.75 Å². The van der Waals surface area contributed by atoms with Crippen molar-refractivity contribution in [1.82, 2.24) is 10.6 Å². The molecule has 1 aromatic carbocycles. The van der Waals surface area contributed by atoms with Crippen molar-refractivity contribution >= 4 is 11.7 Å². The Hall–Kier alpha value is -1.91.